The Morgan fingerprint density at radius 3 is 2.52 bits per heavy atom. The van der Waals surface area contributed by atoms with Crippen molar-refractivity contribution in [3.05, 3.63) is 56.8 Å². The maximum Gasteiger partial charge on any atom is 0.315 e. The Morgan fingerprint density at radius 1 is 1.24 bits per heavy atom. The van der Waals surface area contributed by atoms with Crippen molar-refractivity contribution >= 4 is 38.7 Å². The Labute approximate surface area is 129 Å². The van der Waals surface area contributed by atoms with Gasteiger partial charge in [0.15, 0.2) is 0 Å². The molecule has 2 aromatic carbocycles. The SMILES string of the molecule is CCNc1cccc(Nc2c(F)cccc2Br)c1[N+](=O)[O-]. The van der Waals surface area contributed by atoms with Gasteiger partial charge in [0.05, 0.1) is 10.6 Å². The summed E-state index contributed by atoms with van der Waals surface area (Å²) < 4.78 is 14.3. The molecule has 0 aromatic heterocycles. The predicted molar refractivity (Wildman–Crippen MR) is 84.6 cm³/mol. The second-order valence-corrected chi connectivity index (χ2v) is 5.07. The van der Waals surface area contributed by atoms with Gasteiger partial charge in [0.1, 0.15) is 17.2 Å². The summed E-state index contributed by atoms with van der Waals surface area (Å²) in [5.74, 6) is -0.493. The lowest BCUT2D eigenvalue weighted by molar-refractivity contribution is -0.383. The van der Waals surface area contributed by atoms with Gasteiger partial charge < -0.3 is 10.6 Å². The molecule has 5 nitrogen and oxygen atoms in total. The summed E-state index contributed by atoms with van der Waals surface area (Å²) in [4.78, 5) is 10.8. The van der Waals surface area contributed by atoms with Crippen LogP contribution in [0.5, 0.6) is 0 Å². The fraction of sp³-hybridized carbons (Fsp3) is 0.143. The van der Waals surface area contributed by atoms with Crippen molar-refractivity contribution in [3.8, 4) is 0 Å². The number of nitrogens with zero attached hydrogens (tertiary/aromatic N) is 1. The van der Waals surface area contributed by atoms with Gasteiger partial charge in [0.25, 0.3) is 0 Å². The smallest absolute Gasteiger partial charge is 0.315 e. The van der Waals surface area contributed by atoms with Crippen molar-refractivity contribution in [1.82, 2.24) is 0 Å². The highest BCUT2D eigenvalue weighted by Gasteiger charge is 2.20. The molecule has 0 unspecified atom stereocenters. The predicted octanol–water partition coefficient (Wildman–Crippen LogP) is 4.67. The first-order valence-corrected chi connectivity index (χ1v) is 7.06. The maximum atomic E-state index is 13.8. The number of nitro benzene ring substituents is 1. The highest BCUT2D eigenvalue weighted by atomic mass is 79.9. The molecular weight excluding hydrogens is 341 g/mol. The van der Waals surface area contributed by atoms with Gasteiger partial charge in [-0.1, -0.05) is 12.1 Å². The number of benzene rings is 2. The van der Waals surface area contributed by atoms with Crippen LogP contribution >= 0.6 is 15.9 Å². The summed E-state index contributed by atoms with van der Waals surface area (Å²) in [5.41, 5.74) is 0.660. The molecule has 2 aromatic rings. The van der Waals surface area contributed by atoms with E-state index in [-0.39, 0.29) is 17.1 Å². The normalized spacial score (nSPS) is 10.2. The molecule has 0 spiro atoms. The second kappa shape index (κ2) is 6.53. The monoisotopic (exact) mass is 353 g/mol. The average Bonchev–Trinajstić information content (AvgIpc) is 2.43. The van der Waals surface area contributed by atoms with Gasteiger partial charge >= 0.3 is 5.69 Å². The molecule has 110 valence electrons. The van der Waals surface area contributed by atoms with Gasteiger partial charge in [-0.15, -0.1) is 0 Å². The Morgan fingerprint density at radius 2 is 1.90 bits per heavy atom. The van der Waals surface area contributed by atoms with Crippen LogP contribution in [0.1, 0.15) is 6.92 Å². The summed E-state index contributed by atoms with van der Waals surface area (Å²) in [6.45, 7) is 2.39. The molecule has 0 bridgehead atoms. The number of hydrogen-bond donors (Lipinski definition) is 2. The Hall–Kier alpha value is -2.15. The van der Waals surface area contributed by atoms with Gasteiger partial charge in [-0.2, -0.15) is 0 Å². The molecule has 0 atom stereocenters. The number of hydrogen-bond acceptors (Lipinski definition) is 4. The number of nitro groups is 1. The van der Waals surface area contributed by atoms with E-state index in [1.807, 2.05) is 6.92 Å². The quantitative estimate of drug-likeness (QED) is 0.605. The van der Waals surface area contributed by atoms with Crippen molar-refractivity contribution in [1.29, 1.82) is 0 Å². The molecule has 0 aliphatic carbocycles. The highest BCUT2D eigenvalue weighted by molar-refractivity contribution is 9.10. The van der Waals surface area contributed by atoms with Gasteiger partial charge in [0, 0.05) is 11.0 Å². The fourth-order valence-electron chi connectivity index (χ4n) is 1.93. The van der Waals surface area contributed by atoms with Crippen LogP contribution in [0, 0.1) is 15.9 Å². The van der Waals surface area contributed by atoms with E-state index < -0.39 is 10.7 Å². The van der Waals surface area contributed by atoms with Crippen LogP contribution in [-0.2, 0) is 0 Å². The van der Waals surface area contributed by atoms with Crippen molar-refractivity contribution in [2.45, 2.75) is 6.92 Å². The Balaban J connectivity index is 2.49. The van der Waals surface area contributed by atoms with E-state index in [1.165, 1.54) is 12.1 Å². The van der Waals surface area contributed by atoms with Crippen molar-refractivity contribution in [2.75, 3.05) is 17.2 Å². The van der Waals surface area contributed by atoms with Crippen LogP contribution < -0.4 is 10.6 Å². The van der Waals surface area contributed by atoms with E-state index in [0.717, 1.165) is 0 Å². The zero-order chi connectivity index (χ0) is 15.4. The molecule has 0 radical (unpaired) electrons. The minimum absolute atomic E-state index is 0.116. The van der Waals surface area contributed by atoms with E-state index in [2.05, 4.69) is 26.6 Å². The molecule has 2 N–H and O–H groups in total. The molecule has 0 aliphatic heterocycles. The highest BCUT2D eigenvalue weighted by Crippen LogP contribution is 2.37. The van der Waals surface area contributed by atoms with Crippen LogP contribution in [0.4, 0.5) is 27.1 Å². The lowest BCUT2D eigenvalue weighted by atomic mass is 10.2. The first-order chi connectivity index (χ1) is 10.0. The van der Waals surface area contributed by atoms with Crippen molar-refractivity contribution < 1.29 is 9.31 Å². The molecule has 0 aliphatic rings. The van der Waals surface area contributed by atoms with Crippen LogP contribution in [0.15, 0.2) is 40.9 Å². The maximum absolute atomic E-state index is 13.8. The number of rotatable bonds is 5. The third-order valence-electron chi connectivity index (χ3n) is 2.81. The standard InChI is InChI=1S/C14H13BrFN3O2/c1-2-17-11-7-4-8-12(14(11)19(20)21)18-13-9(15)5-3-6-10(13)16/h3-8,17-18H,2H2,1H3. The number of nitrogens with one attached hydrogen (secondary N) is 2. The largest absolute Gasteiger partial charge is 0.380 e. The second-order valence-electron chi connectivity index (χ2n) is 4.21. The van der Waals surface area contributed by atoms with Crippen molar-refractivity contribution in [2.24, 2.45) is 0 Å². The summed E-state index contributed by atoms with van der Waals surface area (Å²) in [5, 5.41) is 17.0. The summed E-state index contributed by atoms with van der Waals surface area (Å²) in [6, 6.07) is 9.32. The summed E-state index contributed by atoms with van der Waals surface area (Å²) >= 11 is 3.23. The topological polar surface area (TPSA) is 67.2 Å². The molecular formula is C14H13BrFN3O2. The van der Waals surface area contributed by atoms with Crippen LogP contribution in [-0.4, -0.2) is 11.5 Å². The molecule has 0 saturated carbocycles. The lowest BCUT2D eigenvalue weighted by Crippen LogP contribution is -2.05. The molecule has 7 heteroatoms. The summed E-state index contributed by atoms with van der Waals surface area (Å²) in [7, 11) is 0. The molecule has 0 amide bonds. The van der Waals surface area contributed by atoms with Crippen molar-refractivity contribution in [3.63, 3.8) is 0 Å². The third-order valence-corrected chi connectivity index (χ3v) is 3.47. The van der Waals surface area contributed by atoms with E-state index in [1.54, 1.807) is 24.3 Å². The zero-order valence-corrected chi connectivity index (χ0v) is 12.8. The van der Waals surface area contributed by atoms with E-state index in [0.29, 0.717) is 16.7 Å². The van der Waals surface area contributed by atoms with Crippen LogP contribution in [0.3, 0.4) is 0 Å². The molecule has 0 saturated heterocycles. The van der Waals surface area contributed by atoms with Gasteiger partial charge in [-0.3, -0.25) is 10.1 Å². The molecule has 21 heavy (non-hydrogen) atoms. The third kappa shape index (κ3) is 3.30. The Kier molecular flexibility index (Phi) is 4.74. The van der Waals surface area contributed by atoms with E-state index in [9.17, 15) is 14.5 Å². The zero-order valence-electron chi connectivity index (χ0n) is 11.2. The molecule has 2 rings (SSSR count). The number of para-hydroxylation sites is 2. The number of anilines is 3. The van der Waals surface area contributed by atoms with Gasteiger partial charge in [-0.25, -0.2) is 4.39 Å². The van der Waals surface area contributed by atoms with Crippen LogP contribution in [0.25, 0.3) is 0 Å². The first kappa shape index (κ1) is 15.2. The fourth-order valence-corrected chi connectivity index (χ4v) is 2.37. The minimum Gasteiger partial charge on any atom is -0.380 e. The molecule has 0 heterocycles. The van der Waals surface area contributed by atoms with E-state index in [4.69, 9.17) is 0 Å². The first-order valence-electron chi connectivity index (χ1n) is 6.27. The lowest BCUT2D eigenvalue weighted by Gasteiger charge is -2.12. The average molecular weight is 354 g/mol. The van der Waals surface area contributed by atoms with Gasteiger partial charge in [-0.05, 0) is 47.1 Å². The van der Waals surface area contributed by atoms with Crippen LogP contribution in [0.2, 0.25) is 0 Å². The minimum atomic E-state index is -0.493. The van der Waals surface area contributed by atoms with E-state index >= 15 is 0 Å². The van der Waals surface area contributed by atoms with Gasteiger partial charge in [0.2, 0.25) is 0 Å². The molecule has 0 fully saturated rings. The Bertz CT molecular complexity index is 659. The number of halogens is 2. The summed E-state index contributed by atoms with van der Waals surface area (Å²) in [6.07, 6.45) is 0.